The number of alkyl halides is 3. The average molecular weight is 320 g/mol. The zero-order chi connectivity index (χ0) is 14.8. The maximum Gasteiger partial charge on any atom is 0.417 e. The lowest BCUT2D eigenvalue weighted by atomic mass is 10.1. The summed E-state index contributed by atoms with van der Waals surface area (Å²) in [7, 11) is 0. The fourth-order valence-corrected chi connectivity index (χ4v) is 3.02. The monoisotopic (exact) mass is 319 g/mol. The van der Waals surface area contributed by atoms with Crippen LogP contribution in [0.25, 0.3) is 10.4 Å². The Kier molecular flexibility index (Phi) is 4.73. The van der Waals surface area contributed by atoms with Gasteiger partial charge in [0.1, 0.15) is 0 Å². The van der Waals surface area contributed by atoms with Crippen LogP contribution in [0.4, 0.5) is 13.2 Å². The summed E-state index contributed by atoms with van der Waals surface area (Å²) in [6.45, 7) is 3.47. The molecule has 0 aliphatic heterocycles. The SMILES string of the molecule is CCNCc1ccc(-c2ccc(Cl)cc2C(F)(F)F)s1. The van der Waals surface area contributed by atoms with Crippen molar-refractivity contribution < 1.29 is 13.2 Å². The molecule has 6 heteroatoms. The molecule has 2 aromatic rings. The molecule has 0 atom stereocenters. The molecule has 0 bridgehead atoms. The maximum absolute atomic E-state index is 13.1. The van der Waals surface area contributed by atoms with E-state index in [1.807, 2.05) is 13.0 Å². The predicted molar refractivity (Wildman–Crippen MR) is 77.1 cm³/mol. The number of halogens is 4. The van der Waals surface area contributed by atoms with Crippen LogP contribution in [0.2, 0.25) is 5.02 Å². The largest absolute Gasteiger partial charge is 0.417 e. The van der Waals surface area contributed by atoms with E-state index < -0.39 is 11.7 Å². The Morgan fingerprint density at radius 1 is 1.20 bits per heavy atom. The lowest BCUT2D eigenvalue weighted by molar-refractivity contribution is -0.137. The van der Waals surface area contributed by atoms with E-state index >= 15 is 0 Å². The Morgan fingerprint density at radius 2 is 1.95 bits per heavy atom. The summed E-state index contributed by atoms with van der Waals surface area (Å²) < 4.78 is 39.2. The molecule has 0 spiro atoms. The van der Waals surface area contributed by atoms with Gasteiger partial charge in [-0.05, 0) is 30.8 Å². The molecule has 0 amide bonds. The summed E-state index contributed by atoms with van der Waals surface area (Å²) in [6, 6.07) is 7.44. The second-order valence-electron chi connectivity index (χ2n) is 4.23. The van der Waals surface area contributed by atoms with Crippen LogP contribution >= 0.6 is 22.9 Å². The van der Waals surface area contributed by atoms with Crippen molar-refractivity contribution in [2.45, 2.75) is 19.6 Å². The third-order valence-electron chi connectivity index (χ3n) is 2.76. The molecule has 1 aromatic heterocycles. The first-order valence-corrected chi connectivity index (χ1v) is 7.28. The summed E-state index contributed by atoms with van der Waals surface area (Å²) in [5.74, 6) is 0. The summed E-state index contributed by atoms with van der Waals surface area (Å²) in [4.78, 5) is 1.60. The third kappa shape index (κ3) is 3.53. The number of rotatable bonds is 4. The second kappa shape index (κ2) is 6.16. The molecular formula is C14H13ClF3NS. The Labute approximate surface area is 124 Å². The number of benzene rings is 1. The predicted octanol–water partition coefficient (Wildman–Crippen LogP) is 5.20. The quantitative estimate of drug-likeness (QED) is 0.817. The van der Waals surface area contributed by atoms with E-state index in [2.05, 4.69) is 5.32 Å². The Bertz CT molecular complexity index is 592. The Balaban J connectivity index is 2.39. The molecule has 0 radical (unpaired) electrons. The molecule has 0 aliphatic carbocycles. The lowest BCUT2D eigenvalue weighted by Crippen LogP contribution is -2.10. The zero-order valence-electron chi connectivity index (χ0n) is 10.7. The molecule has 1 aromatic carbocycles. The number of hydrogen-bond donors (Lipinski definition) is 1. The fraction of sp³-hybridized carbons (Fsp3) is 0.286. The van der Waals surface area contributed by atoms with Crippen molar-refractivity contribution in [3.8, 4) is 10.4 Å². The third-order valence-corrected chi connectivity index (χ3v) is 4.12. The zero-order valence-corrected chi connectivity index (χ0v) is 12.3. The molecule has 0 unspecified atom stereocenters. The van der Waals surface area contributed by atoms with E-state index in [9.17, 15) is 13.2 Å². The normalized spacial score (nSPS) is 11.8. The summed E-state index contributed by atoms with van der Waals surface area (Å²) in [6.07, 6.45) is -4.41. The molecule has 0 fully saturated rings. The second-order valence-corrected chi connectivity index (χ2v) is 5.84. The topological polar surface area (TPSA) is 12.0 Å². The van der Waals surface area contributed by atoms with Crippen LogP contribution in [0.15, 0.2) is 30.3 Å². The number of hydrogen-bond acceptors (Lipinski definition) is 2. The summed E-state index contributed by atoms with van der Waals surface area (Å²) in [5, 5.41) is 3.24. The van der Waals surface area contributed by atoms with Crippen LogP contribution in [0.1, 0.15) is 17.4 Å². The minimum Gasteiger partial charge on any atom is -0.312 e. The molecule has 1 heterocycles. The fourth-order valence-electron chi connectivity index (χ4n) is 1.83. The molecule has 0 saturated carbocycles. The van der Waals surface area contributed by atoms with E-state index in [1.54, 1.807) is 6.07 Å². The van der Waals surface area contributed by atoms with Gasteiger partial charge in [0.15, 0.2) is 0 Å². The minimum atomic E-state index is -4.41. The standard InChI is InChI=1S/C14H13ClF3NS/c1-2-19-8-10-4-6-13(20-10)11-5-3-9(15)7-12(11)14(16,17)18/h3-7,19H,2,8H2,1H3. The van der Waals surface area contributed by atoms with Crippen molar-refractivity contribution in [1.82, 2.24) is 5.32 Å². The van der Waals surface area contributed by atoms with Gasteiger partial charge in [-0.25, -0.2) is 0 Å². The highest BCUT2D eigenvalue weighted by Crippen LogP contribution is 2.40. The molecule has 1 nitrogen and oxygen atoms in total. The molecule has 1 N–H and O–H groups in total. The van der Waals surface area contributed by atoms with Gasteiger partial charge in [-0.1, -0.05) is 24.6 Å². The van der Waals surface area contributed by atoms with Gasteiger partial charge in [0.2, 0.25) is 0 Å². The summed E-state index contributed by atoms with van der Waals surface area (Å²) in [5.41, 5.74) is -0.517. The van der Waals surface area contributed by atoms with Gasteiger partial charge >= 0.3 is 6.18 Å². The van der Waals surface area contributed by atoms with E-state index in [1.165, 1.54) is 23.5 Å². The summed E-state index contributed by atoms with van der Waals surface area (Å²) >= 11 is 7.03. The lowest BCUT2D eigenvalue weighted by Gasteiger charge is -2.12. The van der Waals surface area contributed by atoms with Crippen molar-refractivity contribution in [3.05, 3.63) is 45.8 Å². The Hall–Kier alpha value is -1.04. The van der Waals surface area contributed by atoms with Gasteiger partial charge in [0.05, 0.1) is 5.56 Å². The highest BCUT2D eigenvalue weighted by atomic mass is 35.5. The van der Waals surface area contributed by atoms with Gasteiger partial charge in [0.25, 0.3) is 0 Å². The van der Waals surface area contributed by atoms with Gasteiger partial charge in [-0.2, -0.15) is 13.2 Å². The van der Waals surface area contributed by atoms with Crippen molar-refractivity contribution >= 4 is 22.9 Å². The van der Waals surface area contributed by atoms with Gasteiger partial charge in [0, 0.05) is 26.9 Å². The molecule has 20 heavy (non-hydrogen) atoms. The van der Waals surface area contributed by atoms with Crippen LogP contribution in [0.5, 0.6) is 0 Å². The molecular weight excluding hydrogens is 307 g/mol. The Morgan fingerprint density at radius 3 is 2.60 bits per heavy atom. The van der Waals surface area contributed by atoms with E-state index in [0.29, 0.717) is 11.4 Å². The van der Waals surface area contributed by atoms with E-state index in [-0.39, 0.29) is 10.6 Å². The number of nitrogens with one attached hydrogen (secondary N) is 1. The molecule has 2 rings (SSSR count). The van der Waals surface area contributed by atoms with Crippen LogP contribution in [0.3, 0.4) is 0 Å². The molecule has 0 aliphatic rings. The molecule has 108 valence electrons. The van der Waals surface area contributed by atoms with E-state index in [4.69, 9.17) is 11.6 Å². The van der Waals surface area contributed by atoms with Crippen molar-refractivity contribution in [2.24, 2.45) is 0 Å². The first-order valence-electron chi connectivity index (χ1n) is 6.08. The highest BCUT2D eigenvalue weighted by molar-refractivity contribution is 7.15. The average Bonchev–Trinajstić information content (AvgIpc) is 2.84. The van der Waals surface area contributed by atoms with Crippen molar-refractivity contribution in [2.75, 3.05) is 6.54 Å². The first kappa shape index (κ1) is 15.4. The minimum absolute atomic E-state index is 0.0884. The van der Waals surface area contributed by atoms with Crippen molar-refractivity contribution in [1.29, 1.82) is 0 Å². The smallest absolute Gasteiger partial charge is 0.312 e. The first-order chi connectivity index (χ1) is 9.41. The van der Waals surface area contributed by atoms with E-state index in [0.717, 1.165) is 17.5 Å². The van der Waals surface area contributed by atoms with Crippen LogP contribution in [-0.2, 0) is 12.7 Å². The highest BCUT2D eigenvalue weighted by Gasteiger charge is 2.34. The van der Waals surface area contributed by atoms with Crippen LogP contribution < -0.4 is 5.32 Å². The number of thiophene rings is 1. The van der Waals surface area contributed by atoms with Gasteiger partial charge in [-0.15, -0.1) is 11.3 Å². The van der Waals surface area contributed by atoms with Crippen molar-refractivity contribution in [3.63, 3.8) is 0 Å². The van der Waals surface area contributed by atoms with Crippen LogP contribution in [-0.4, -0.2) is 6.54 Å². The van der Waals surface area contributed by atoms with Crippen LogP contribution in [0, 0.1) is 0 Å². The van der Waals surface area contributed by atoms with Gasteiger partial charge < -0.3 is 5.32 Å². The van der Waals surface area contributed by atoms with Gasteiger partial charge in [-0.3, -0.25) is 0 Å². The maximum atomic E-state index is 13.1. The molecule has 0 saturated heterocycles.